The molecule has 6 rings (SSSR count). The lowest BCUT2D eigenvalue weighted by atomic mass is 10.0. The molecule has 0 saturated carbocycles. The number of hydrogen-bond acceptors (Lipinski definition) is 14. The fraction of sp³-hybridized carbons (Fsp3) is 0.500. The number of nitrogens with two attached hydrogens (primary N) is 2. The Morgan fingerprint density at radius 2 is 1.63 bits per heavy atom. The molecule has 7 unspecified atom stereocenters. The fourth-order valence-electron chi connectivity index (χ4n) is 5.08. The molecular weight excluding hydrogens is 544 g/mol. The number of aliphatic hydroxyl groups is 3. The first-order valence-electron chi connectivity index (χ1n) is 12.7. The van der Waals surface area contributed by atoms with Crippen molar-refractivity contribution in [2.24, 2.45) is 5.92 Å². The van der Waals surface area contributed by atoms with Gasteiger partial charge < -0.3 is 36.3 Å². The summed E-state index contributed by atoms with van der Waals surface area (Å²) in [4.78, 5) is 49.3. The molecule has 6 heterocycles. The molecule has 4 aromatic heterocycles. The monoisotopic (exact) mass is 571 g/mol. The van der Waals surface area contributed by atoms with Crippen LogP contribution in [0, 0.1) is 12.0 Å². The zero-order valence-electron chi connectivity index (χ0n) is 21.3. The van der Waals surface area contributed by atoms with Crippen molar-refractivity contribution < 1.29 is 24.8 Å². The number of aromatic amines is 2. The van der Waals surface area contributed by atoms with Crippen molar-refractivity contribution in [3.8, 4) is 6.07 Å². The summed E-state index contributed by atoms with van der Waals surface area (Å²) in [7, 11) is 0. The molecule has 0 spiro atoms. The van der Waals surface area contributed by atoms with Gasteiger partial charge in [-0.1, -0.05) is 5.43 Å². The molecule has 7 atom stereocenters. The van der Waals surface area contributed by atoms with E-state index in [0.29, 0.717) is 6.42 Å². The number of aromatic nitrogens is 8. The van der Waals surface area contributed by atoms with Crippen LogP contribution in [0.15, 0.2) is 22.2 Å². The van der Waals surface area contributed by atoms with Crippen LogP contribution in [0.25, 0.3) is 27.3 Å². The number of H-pyrrole nitrogens is 2. The minimum atomic E-state index is -1.31. The maximum absolute atomic E-state index is 12.1. The maximum atomic E-state index is 12.1. The fourth-order valence-corrected chi connectivity index (χ4v) is 5.08. The molecule has 2 aliphatic rings. The van der Waals surface area contributed by atoms with Crippen molar-refractivity contribution in [1.29, 1.82) is 0 Å². The smallest absolute Gasteiger partial charge is 0.325 e. The molecule has 216 valence electrons. The van der Waals surface area contributed by atoms with Gasteiger partial charge in [0.2, 0.25) is 11.9 Å². The zero-order valence-corrected chi connectivity index (χ0v) is 21.3. The normalized spacial score (nSPS) is 27.8. The Hall–Kier alpha value is -4.61. The van der Waals surface area contributed by atoms with Crippen LogP contribution in [0.1, 0.15) is 25.3 Å². The lowest BCUT2D eigenvalue weighted by molar-refractivity contribution is -0.0365. The van der Waals surface area contributed by atoms with Crippen LogP contribution in [-0.4, -0.2) is 91.9 Å². The highest BCUT2D eigenvalue weighted by Crippen LogP contribution is 2.35. The van der Waals surface area contributed by atoms with Gasteiger partial charge in [-0.3, -0.25) is 28.7 Å². The molecule has 19 nitrogen and oxygen atoms in total. The van der Waals surface area contributed by atoms with Gasteiger partial charge in [0.15, 0.2) is 28.6 Å². The number of fused-ring (bicyclic) bond motifs is 2. The standard InChI is InChI=1S/C22H26N12O7/c23-21-29-16-12(18(38)31-21)25-6-33(16)11-3-8(10(5-35)40-11)4-28-27-2-1-9-14(36)15(37)20(41-9)34-7-26-13-17(34)30-22(24)32-19(13)39/h6-11,14-15,20,27,35-37H,1-3,5H2,(H5-,23,24,29,30,31,32,38,39)/p+1. The third kappa shape index (κ3) is 4.72. The number of nitrogens with zero attached hydrogens (tertiary/aromatic N) is 7. The lowest BCUT2D eigenvalue weighted by Gasteiger charge is -2.16. The average molecular weight is 572 g/mol. The number of nitrogens with one attached hydrogen (secondary N) is 3. The molecule has 10 N–H and O–H groups in total. The molecular formula is C22H27N12O7+. The number of anilines is 2. The van der Waals surface area contributed by atoms with Crippen molar-refractivity contribution >= 4 is 34.2 Å². The summed E-state index contributed by atoms with van der Waals surface area (Å²) >= 11 is 0. The molecule has 2 aliphatic heterocycles. The Morgan fingerprint density at radius 1 is 1.00 bits per heavy atom. The SMILES string of the molecule is Nc1nc2c(ncn2C2CC(C#[N+]NCCC3OC(n4cnc5c(=O)[nH]c(N)nc54)C(O)C3O)C(CO)O2)c(=O)[nH]1. The van der Waals surface area contributed by atoms with E-state index in [0.717, 1.165) is 0 Å². The van der Waals surface area contributed by atoms with Crippen LogP contribution in [0.3, 0.4) is 0 Å². The van der Waals surface area contributed by atoms with Gasteiger partial charge in [0.1, 0.15) is 30.5 Å². The molecule has 4 aromatic rings. The van der Waals surface area contributed by atoms with E-state index in [1.54, 1.807) is 4.57 Å². The van der Waals surface area contributed by atoms with E-state index in [4.69, 9.17) is 20.9 Å². The summed E-state index contributed by atoms with van der Waals surface area (Å²) in [6.45, 7) is -0.0359. The molecule has 19 heteroatoms. The van der Waals surface area contributed by atoms with Gasteiger partial charge in [0.25, 0.3) is 11.1 Å². The third-order valence-corrected chi connectivity index (χ3v) is 7.09. The predicted molar refractivity (Wildman–Crippen MR) is 140 cm³/mol. The molecule has 0 radical (unpaired) electrons. The van der Waals surface area contributed by atoms with Crippen LogP contribution in [0.2, 0.25) is 0 Å². The minimum Gasteiger partial charge on any atom is -0.394 e. The van der Waals surface area contributed by atoms with E-state index in [-0.39, 0.29) is 53.8 Å². The van der Waals surface area contributed by atoms with Crippen LogP contribution in [-0.2, 0) is 9.47 Å². The maximum Gasteiger partial charge on any atom is 0.325 e. The van der Waals surface area contributed by atoms with E-state index < -0.39 is 53.9 Å². The van der Waals surface area contributed by atoms with Gasteiger partial charge >= 0.3 is 6.07 Å². The molecule has 0 aliphatic carbocycles. The first kappa shape index (κ1) is 26.6. The molecule has 0 amide bonds. The average Bonchev–Trinajstić information content (AvgIpc) is 3.70. The van der Waals surface area contributed by atoms with Crippen molar-refractivity contribution in [2.75, 3.05) is 24.6 Å². The van der Waals surface area contributed by atoms with Gasteiger partial charge in [-0.25, -0.2) is 9.97 Å². The number of rotatable bonds is 6. The van der Waals surface area contributed by atoms with Gasteiger partial charge in [0, 0.05) is 12.8 Å². The Labute approximate surface area is 228 Å². The van der Waals surface area contributed by atoms with Crippen molar-refractivity contribution in [1.82, 2.24) is 44.5 Å². The lowest BCUT2D eigenvalue weighted by Crippen LogP contribution is -2.32. The second-order valence-electron chi connectivity index (χ2n) is 9.69. The van der Waals surface area contributed by atoms with E-state index in [2.05, 4.69) is 46.4 Å². The van der Waals surface area contributed by atoms with E-state index >= 15 is 0 Å². The second-order valence-corrected chi connectivity index (χ2v) is 9.69. The number of nitrogen functional groups attached to an aromatic ring is 2. The quantitative estimate of drug-likeness (QED) is 0.0855. The summed E-state index contributed by atoms with van der Waals surface area (Å²) in [5.74, 6) is -0.573. The van der Waals surface area contributed by atoms with Crippen LogP contribution in [0.5, 0.6) is 0 Å². The van der Waals surface area contributed by atoms with Crippen molar-refractivity contribution in [3.05, 3.63) is 38.3 Å². The summed E-state index contributed by atoms with van der Waals surface area (Å²) < 4.78 is 14.7. The molecule has 0 bridgehead atoms. The summed E-state index contributed by atoms with van der Waals surface area (Å²) in [5.41, 5.74) is 13.6. The van der Waals surface area contributed by atoms with E-state index in [1.165, 1.54) is 17.2 Å². The first-order valence-corrected chi connectivity index (χ1v) is 12.7. The highest BCUT2D eigenvalue weighted by molar-refractivity contribution is 5.71. The second kappa shape index (κ2) is 10.4. The van der Waals surface area contributed by atoms with Crippen molar-refractivity contribution in [2.45, 2.75) is 49.7 Å². The summed E-state index contributed by atoms with van der Waals surface area (Å²) in [5, 5.41) is 31.0. The first-order chi connectivity index (χ1) is 19.7. The van der Waals surface area contributed by atoms with Crippen molar-refractivity contribution in [3.63, 3.8) is 0 Å². The Balaban J connectivity index is 1.07. The van der Waals surface area contributed by atoms with Crippen LogP contribution < -0.4 is 28.0 Å². The van der Waals surface area contributed by atoms with Gasteiger partial charge in [-0.05, 0) is 0 Å². The number of imidazole rings is 2. The molecule has 2 fully saturated rings. The predicted octanol–water partition coefficient (Wildman–Crippen LogP) is -2.84. The van der Waals surface area contributed by atoms with Crippen LogP contribution >= 0.6 is 0 Å². The zero-order chi connectivity index (χ0) is 28.8. The number of ether oxygens (including phenoxy) is 2. The molecule has 0 aromatic carbocycles. The van der Waals surface area contributed by atoms with Crippen LogP contribution in [0.4, 0.5) is 11.9 Å². The van der Waals surface area contributed by atoms with Gasteiger partial charge in [0.05, 0.1) is 36.9 Å². The molecule has 2 saturated heterocycles. The minimum absolute atomic E-state index is 0.0223. The Bertz CT molecular complexity index is 1770. The topological polar surface area (TPSA) is 275 Å². The Kier molecular flexibility index (Phi) is 6.76. The highest BCUT2D eigenvalue weighted by atomic mass is 16.6. The largest absolute Gasteiger partial charge is 0.394 e. The van der Waals surface area contributed by atoms with E-state index in [9.17, 15) is 24.9 Å². The van der Waals surface area contributed by atoms with Gasteiger partial charge in [-0.2, -0.15) is 9.97 Å². The summed E-state index contributed by atoms with van der Waals surface area (Å²) in [6, 6.07) is 2.92. The Morgan fingerprint density at radius 3 is 2.29 bits per heavy atom. The summed E-state index contributed by atoms with van der Waals surface area (Å²) in [6.07, 6.45) is -2.20. The highest BCUT2D eigenvalue weighted by Gasteiger charge is 2.44. The van der Waals surface area contributed by atoms with E-state index in [1.807, 2.05) is 0 Å². The molecule has 41 heavy (non-hydrogen) atoms. The number of hydrogen-bond donors (Lipinski definition) is 8. The third-order valence-electron chi connectivity index (χ3n) is 7.09. The number of aliphatic hydroxyl groups excluding tert-OH is 3. The van der Waals surface area contributed by atoms with Gasteiger partial charge in [-0.15, -0.1) is 0 Å².